The number of nitrogens with two attached hydrogens (primary N) is 2. The third-order valence-electron chi connectivity index (χ3n) is 25.1. The van der Waals surface area contributed by atoms with E-state index in [0.717, 1.165) is 16.7 Å². The highest BCUT2D eigenvalue weighted by Crippen LogP contribution is 2.36. The molecule has 2 aromatic carbocycles. The van der Waals surface area contributed by atoms with Gasteiger partial charge in [0.25, 0.3) is 0 Å². The molecule has 8 amide bonds. The summed E-state index contributed by atoms with van der Waals surface area (Å²) in [6, 6.07) is 11.9. The third kappa shape index (κ3) is 30.8. The molecule has 2 aliphatic rings. The van der Waals surface area contributed by atoms with E-state index in [4.69, 9.17) is 54.9 Å². The molecule has 6 rings (SSSR count). The van der Waals surface area contributed by atoms with Crippen LogP contribution in [-0.2, 0) is 94.0 Å². The highest BCUT2D eigenvalue weighted by molar-refractivity contribution is 7.10. The molecule has 0 unspecified atom stereocenters. The lowest BCUT2D eigenvalue weighted by Gasteiger charge is -2.41. The van der Waals surface area contributed by atoms with Gasteiger partial charge in [-0.25, -0.2) is 21.8 Å². The molecule has 2 saturated heterocycles. The summed E-state index contributed by atoms with van der Waals surface area (Å²) in [7, 11) is 13.4. The number of rotatable bonds is 58. The van der Waals surface area contributed by atoms with Crippen molar-refractivity contribution in [3.8, 4) is 11.3 Å². The molecule has 0 spiro atoms. The number of methoxy groups -OCH3 is 4. The van der Waals surface area contributed by atoms with Crippen molar-refractivity contribution in [2.24, 2.45) is 59.1 Å². The number of nitrogens with zero attached hydrogens (tertiary/aromatic N) is 8. The molecule has 0 saturated carbocycles. The van der Waals surface area contributed by atoms with Crippen LogP contribution in [0.1, 0.15) is 182 Å². The highest BCUT2D eigenvalue weighted by Gasteiger charge is 2.47. The Balaban J connectivity index is 1.14. The molecule has 4 heterocycles. The van der Waals surface area contributed by atoms with E-state index >= 15 is 4.79 Å². The number of hydrogen-bond acceptors (Lipinski definition) is 25. The smallest absolute Gasteiger partial charge is 0.245 e. The zero-order valence-electron chi connectivity index (χ0n) is 78.7. The van der Waals surface area contributed by atoms with Crippen molar-refractivity contribution < 1.29 is 81.2 Å². The minimum atomic E-state index is -0.882. The molecule has 704 valence electrons. The van der Waals surface area contributed by atoms with Gasteiger partial charge in [0.2, 0.25) is 47.3 Å². The van der Waals surface area contributed by atoms with Crippen LogP contribution in [-0.4, -0.2) is 295 Å². The van der Waals surface area contributed by atoms with Gasteiger partial charge in [-0.05, 0) is 105 Å². The van der Waals surface area contributed by atoms with Crippen molar-refractivity contribution in [1.29, 1.82) is 0 Å². The number of hydrogen-bond donors (Lipinski definition) is 6. The van der Waals surface area contributed by atoms with Crippen LogP contribution in [0.5, 0.6) is 0 Å². The molecule has 4 aromatic rings. The van der Waals surface area contributed by atoms with Crippen molar-refractivity contribution in [1.82, 2.24) is 60.6 Å². The van der Waals surface area contributed by atoms with Crippen LogP contribution < -0.4 is 33.1 Å². The van der Waals surface area contributed by atoms with Crippen LogP contribution in [0, 0.1) is 47.3 Å². The van der Waals surface area contributed by atoms with E-state index in [9.17, 15) is 33.6 Å². The van der Waals surface area contributed by atoms with Crippen LogP contribution in [0.25, 0.3) is 11.3 Å². The number of thiazole rings is 2. The Morgan fingerprint density at radius 1 is 0.504 bits per heavy atom. The van der Waals surface area contributed by atoms with E-state index in [-0.39, 0.29) is 109 Å². The number of carbonyl (C=O) groups excluding carboxylic acids is 8. The average molecular weight is 1790 g/mol. The fourth-order valence-corrected chi connectivity index (χ4v) is 19.4. The predicted octanol–water partition coefficient (Wildman–Crippen LogP) is 8.93. The second-order valence-electron chi connectivity index (χ2n) is 35.2. The van der Waals surface area contributed by atoms with Gasteiger partial charge in [-0.2, -0.15) is 0 Å². The predicted molar refractivity (Wildman–Crippen MR) is 486 cm³/mol. The first-order chi connectivity index (χ1) is 59.7. The van der Waals surface area contributed by atoms with Crippen molar-refractivity contribution in [2.75, 3.05) is 136 Å². The van der Waals surface area contributed by atoms with Gasteiger partial charge in [0, 0.05) is 91.2 Å². The van der Waals surface area contributed by atoms with Crippen molar-refractivity contribution in [3.05, 3.63) is 92.7 Å². The maximum absolute atomic E-state index is 15.0. The topological polar surface area (TPSA) is 365 Å². The summed E-state index contributed by atoms with van der Waals surface area (Å²) >= 11 is 2.88. The summed E-state index contributed by atoms with van der Waals surface area (Å²) in [4.78, 5) is 148. The molecule has 31 nitrogen and oxygen atoms in total. The minimum absolute atomic E-state index is 0.0465. The fourth-order valence-electron chi connectivity index (χ4n) is 17.8. The SMILES string of the molecule is CC[C@H](C)[C@@H]([C@@H](CC(=O)N1CCC[C@H]1[C@H](OC)[C@@H](C)C(=O)N[C@@H](Cc1cccc(-c2csc([C@H](Cc3ccccc3)NC(=O)[C@H](C)[C@@H](OC)[C@@H]3CCCN3C(=O)C[C@@H](OC)[C@H]([C@@H](C)CC)N(C)C(=O)[C@@H](NC(=O)[C@H](C(C)C)N(C)CCOCCOCCON)C(C)C)n2)c1)c1nccs1)OC)N(C)C(=O)[C@@H](NC(=O)[C@H](C(C)C)N(C)CCOCCON)C(C)C. The van der Waals surface area contributed by atoms with Gasteiger partial charge in [0.05, 0.1) is 156 Å². The van der Waals surface area contributed by atoms with E-state index in [0.29, 0.717) is 133 Å². The van der Waals surface area contributed by atoms with E-state index in [1.807, 2.05) is 190 Å². The first kappa shape index (κ1) is 107. The summed E-state index contributed by atoms with van der Waals surface area (Å²) in [6.45, 7) is 31.8. The number of aromatic nitrogens is 2. The van der Waals surface area contributed by atoms with E-state index in [1.165, 1.54) is 22.7 Å². The lowest BCUT2D eigenvalue weighted by molar-refractivity contribution is -0.148. The van der Waals surface area contributed by atoms with E-state index in [1.54, 1.807) is 58.5 Å². The standard InChI is InChI=1S/C92H152N14O17S2/c1-23-61(11)81(104(18)92(114)78(58(5)6)100-88(112)80(60(9)10)102(16)41-43-120-46-48-122-93)73(115-19)54-75(107)105-38-29-35-71(105)83(117-21)63(13)85(109)96-68(89-95-37-50-124-89)53-66-33-28-34-67(51-66)70-56-125-90(98-70)69(52-65-31-26-25-27-32-65)97-86(110)64(14)84(118-22)72-36-30-39-106(72)76(108)55-74(116-20)82(62(12)24-2)103(17)91(113)77(57(3)4)99-87(111)79(59(7)8)101(15)40-42-119-44-45-121-47-49-123-94/h25-28,31-34,37,50-51,56-64,68-69,71-74,77-84H,23-24,29-30,35-36,38-49,52-55,93-94H2,1-22H3,(H,96,109)(H,97,110)(H,99,111)(H,100,112)/t61-,62-,63+,64+,68-,69-,71-,72-,73+,74+,77-,78-,79-,80-,81-,82-,83+,84+/m0/s1. The maximum Gasteiger partial charge on any atom is 0.245 e. The lowest BCUT2D eigenvalue weighted by atomic mass is 9.89. The van der Waals surface area contributed by atoms with Crippen LogP contribution >= 0.6 is 22.7 Å². The van der Waals surface area contributed by atoms with Gasteiger partial charge in [0.15, 0.2) is 0 Å². The molecule has 0 bridgehead atoms. The normalized spacial score (nSPS) is 18.4. The Morgan fingerprint density at radius 3 is 1.33 bits per heavy atom. The number of likely N-dealkylation sites (N-methyl/N-ethyl adjacent to an activating group) is 4. The molecule has 2 aromatic heterocycles. The van der Waals surface area contributed by atoms with E-state index in [2.05, 4.69) is 37.0 Å². The fraction of sp³-hybridized carbons (Fsp3) is 0.717. The second-order valence-corrected chi connectivity index (χ2v) is 37.0. The first-order valence-electron chi connectivity index (χ1n) is 44.9. The minimum Gasteiger partial charge on any atom is -0.379 e. The highest BCUT2D eigenvalue weighted by atomic mass is 32.1. The molecule has 33 heteroatoms. The van der Waals surface area contributed by atoms with Crippen LogP contribution in [0.15, 0.2) is 71.6 Å². The molecule has 2 aliphatic heterocycles. The van der Waals surface area contributed by atoms with Crippen molar-refractivity contribution in [2.45, 2.75) is 246 Å². The zero-order valence-corrected chi connectivity index (χ0v) is 80.3. The van der Waals surface area contributed by atoms with Crippen molar-refractivity contribution in [3.63, 3.8) is 0 Å². The number of benzene rings is 2. The molecule has 2 fully saturated rings. The van der Waals surface area contributed by atoms with Crippen LogP contribution in [0.3, 0.4) is 0 Å². The number of nitrogens with one attached hydrogen (secondary N) is 4. The van der Waals surface area contributed by atoms with E-state index < -0.39 is 96.7 Å². The molecular formula is C92H152N14O17S2. The molecule has 0 radical (unpaired) electrons. The summed E-state index contributed by atoms with van der Waals surface area (Å²) in [5.41, 5.74) is 3.43. The monoisotopic (exact) mass is 1790 g/mol. The molecular weight excluding hydrogens is 1640 g/mol. The number of amides is 8. The van der Waals surface area contributed by atoms with Crippen LogP contribution in [0.4, 0.5) is 0 Å². The van der Waals surface area contributed by atoms with Gasteiger partial charge < -0.3 is 83.7 Å². The second kappa shape index (κ2) is 54.4. The Morgan fingerprint density at radius 2 is 0.928 bits per heavy atom. The zero-order chi connectivity index (χ0) is 92.3. The summed E-state index contributed by atoms with van der Waals surface area (Å²) in [5.74, 6) is 5.77. The Kier molecular flexibility index (Phi) is 46.5. The maximum atomic E-state index is 15.0. The quantitative estimate of drug-likeness (QED) is 0.0177. The molecule has 125 heavy (non-hydrogen) atoms. The van der Waals surface area contributed by atoms with Gasteiger partial charge in [-0.1, -0.05) is 158 Å². The van der Waals surface area contributed by atoms with Gasteiger partial charge in [0.1, 0.15) is 22.1 Å². The number of carbonyl (C=O) groups is 8. The van der Waals surface area contributed by atoms with Gasteiger partial charge in [-0.15, -0.1) is 22.7 Å². The van der Waals surface area contributed by atoms with Crippen molar-refractivity contribution >= 4 is 69.9 Å². The molecule has 0 aliphatic carbocycles. The van der Waals surface area contributed by atoms with Crippen LogP contribution in [0.2, 0.25) is 0 Å². The Bertz CT molecular complexity index is 3870. The Hall–Kier alpha value is -7.06. The lowest BCUT2D eigenvalue weighted by Crippen LogP contribution is -2.60. The molecule has 18 atom stereocenters. The third-order valence-corrected chi connectivity index (χ3v) is 27.0. The van der Waals surface area contributed by atoms with Gasteiger partial charge >= 0.3 is 0 Å². The summed E-state index contributed by atoms with van der Waals surface area (Å²) in [5, 5.41) is 18.2. The first-order valence-corrected chi connectivity index (χ1v) is 46.6. The number of likely N-dealkylation sites (tertiary alicyclic amines) is 2. The van der Waals surface area contributed by atoms with Gasteiger partial charge in [-0.3, -0.25) is 48.2 Å². The summed E-state index contributed by atoms with van der Waals surface area (Å²) in [6.07, 6.45) is 3.50. The Labute approximate surface area is 752 Å². The average Bonchev–Trinajstić information content (AvgIpc) is 1.53. The number of ether oxygens (including phenoxy) is 7. The largest absolute Gasteiger partial charge is 0.379 e. The molecule has 8 N–H and O–H groups in total. The summed E-state index contributed by atoms with van der Waals surface area (Å²) < 4.78 is 41.9.